The molecule has 2 aromatic rings. The molecule has 0 aliphatic heterocycles. The van der Waals surface area contributed by atoms with Crippen LogP contribution >= 0.6 is 15.9 Å². The molecule has 0 spiro atoms. The summed E-state index contributed by atoms with van der Waals surface area (Å²) >= 11 is 3.29. The molecule has 102 valence electrons. The summed E-state index contributed by atoms with van der Waals surface area (Å²) in [6, 6.07) is 9.11. The predicted octanol–water partition coefficient (Wildman–Crippen LogP) is 2.23. The molecule has 1 amide bonds. The first-order valence-electron chi connectivity index (χ1n) is 6.32. The molecule has 0 fully saturated rings. The highest BCUT2D eigenvalue weighted by atomic mass is 79.9. The van der Waals surface area contributed by atoms with Crippen molar-refractivity contribution in [2.24, 2.45) is 0 Å². The fraction of sp³-hybridized carbons (Fsp3) is 0.200. The summed E-state index contributed by atoms with van der Waals surface area (Å²) in [6.07, 6.45) is 3.11. The largest absolute Gasteiger partial charge is 0.390 e. The third-order valence-electron chi connectivity index (χ3n) is 3.46. The van der Waals surface area contributed by atoms with Crippen LogP contribution in [0.4, 0.5) is 0 Å². The van der Waals surface area contributed by atoms with Gasteiger partial charge in [0.15, 0.2) is 0 Å². The van der Waals surface area contributed by atoms with Crippen LogP contribution in [0, 0.1) is 0 Å². The topological polar surface area (TPSA) is 62.2 Å². The van der Waals surface area contributed by atoms with Crippen molar-refractivity contribution in [1.29, 1.82) is 0 Å². The number of rotatable bonds is 2. The van der Waals surface area contributed by atoms with Crippen LogP contribution in [0.5, 0.6) is 0 Å². The van der Waals surface area contributed by atoms with Crippen molar-refractivity contribution in [3.05, 3.63) is 63.9 Å². The number of carbonyl (C=O) groups excluding carboxylic acids is 1. The lowest BCUT2D eigenvalue weighted by atomic mass is 10.1. The van der Waals surface area contributed by atoms with Crippen LogP contribution in [0.15, 0.2) is 47.2 Å². The zero-order chi connectivity index (χ0) is 14.1. The van der Waals surface area contributed by atoms with Crippen molar-refractivity contribution >= 4 is 21.8 Å². The summed E-state index contributed by atoms with van der Waals surface area (Å²) in [6.45, 7) is 0. The number of pyridine rings is 1. The maximum Gasteiger partial charge on any atom is 0.253 e. The molecule has 1 heterocycles. The zero-order valence-electron chi connectivity index (χ0n) is 10.6. The van der Waals surface area contributed by atoms with Gasteiger partial charge in [0.2, 0.25) is 0 Å². The Kier molecular flexibility index (Phi) is 3.54. The lowest BCUT2D eigenvalue weighted by Crippen LogP contribution is -2.33. The molecule has 20 heavy (non-hydrogen) atoms. The van der Waals surface area contributed by atoms with Crippen LogP contribution in [0.3, 0.4) is 0 Å². The third-order valence-corrected chi connectivity index (χ3v) is 3.89. The Morgan fingerprint density at radius 3 is 2.95 bits per heavy atom. The highest BCUT2D eigenvalue weighted by Crippen LogP contribution is 2.31. The Morgan fingerprint density at radius 1 is 1.35 bits per heavy atom. The maximum absolute atomic E-state index is 12.2. The van der Waals surface area contributed by atoms with Gasteiger partial charge >= 0.3 is 0 Å². The summed E-state index contributed by atoms with van der Waals surface area (Å²) in [5.74, 6) is -0.237. The smallest absolute Gasteiger partial charge is 0.253 e. The fourth-order valence-corrected chi connectivity index (χ4v) is 2.87. The van der Waals surface area contributed by atoms with Crippen LogP contribution in [0.25, 0.3) is 0 Å². The van der Waals surface area contributed by atoms with Crippen molar-refractivity contribution < 1.29 is 9.90 Å². The predicted molar refractivity (Wildman–Crippen MR) is 78.3 cm³/mol. The van der Waals surface area contributed by atoms with Crippen LogP contribution in [-0.2, 0) is 6.42 Å². The van der Waals surface area contributed by atoms with Crippen molar-refractivity contribution in [2.75, 3.05) is 0 Å². The van der Waals surface area contributed by atoms with Gasteiger partial charge in [-0.3, -0.25) is 9.78 Å². The fourth-order valence-electron chi connectivity index (χ4n) is 2.51. The second-order valence-electron chi connectivity index (χ2n) is 4.81. The maximum atomic E-state index is 12.2. The SMILES string of the molecule is O=C(N[C@H]1c2ccccc2C[C@H]1O)c1cncc(Br)c1. The van der Waals surface area contributed by atoms with Crippen LogP contribution < -0.4 is 5.32 Å². The summed E-state index contributed by atoms with van der Waals surface area (Å²) in [4.78, 5) is 16.2. The number of nitrogens with zero attached hydrogens (tertiary/aromatic N) is 1. The highest BCUT2D eigenvalue weighted by Gasteiger charge is 2.32. The van der Waals surface area contributed by atoms with Gasteiger partial charge in [0.05, 0.1) is 17.7 Å². The minimum atomic E-state index is -0.587. The zero-order valence-corrected chi connectivity index (χ0v) is 12.2. The number of hydrogen-bond acceptors (Lipinski definition) is 3. The molecule has 0 radical (unpaired) electrons. The van der Waals surface area contributed by atoms with Gasteiger partial charge in [-0.05, 0) is 33.1 Å². The summed E-state index contributed by atoms with van der Waals surface area (Å²) in [5.41, 5.74) is 2.53. The molecule has 1 aliphatic carbocycles. The molecular formula is C15H13BrN2O2. The van der Waals surface area contributed by atoms with Gasteiger partial charge in [-0.1, -0.05) is 24.3 Å². The summed E-state index contributed by atoms with van der Waals surface area (Å²) in [7, 11) is 0. The second-order valence-corrected chi connectivity index (χ2v) is 5.73. The van der Waals surface area contributed by atoms with E-state index in [1.165, 1.54) is 6.20 Å². The Balaban J connectivity index is 1.83. The van der Waals surface area contributed by atoms with E-state index >= 15 is 0 Å². The van der Waals surface area contributed by atoms with E-state index in [4.69, 9.17) is 0 Å². The number of benzene rings is 1. The normalized spacial score (nSPS) is 20.5. The van der Waals surface area contributed by atoms with E-state index in [1.807, 2.05) is 24.3 Å². The van der Waals surface area contributed by atoms with Crippen molar-refractivity contribution in [2.45, 2.75) is 18.6 Å². The average molecular weight is 333 g/mol. The van der Waals surface area contributed by atoms with Crippen LogP contribution in [0.2, 0.25) is 0 Å². The van der Waals surface area contributed by atoms with Crippen molar-refractivity contribution in [3.8, 4) is 0 Å². The van der Waals surface area contributed by atoms with Gasteiger partial charge < -0.3 is 10.4 Å². The average Bonchev–Trinajstić information content (AvgIpc) is 2.75. The summed E-state index contributed by atoms with van der Waals surface area (Å²) < 4.78 is 0.748. The monoisotopic (exact) mass is 332 g/mol. The van der Waals surface area contributed by atoms with Gasteiger partial charge in [0, 0.05) is 23.3 Å². The minimum Gasteiger partial charge on any atom is -0.390 e. The molecule has 1 aromatic heterocycles. The van der Waals surface area contributed by atoms with Crippen LogP contribution in [0.1, 0.15) is 27.5 Å². The number of aliphatic hydroxyl groups is 1. The number of carbonyl (C=O) groups is 1. The molecule has 1 aromatic carbocycles. The van der Waals surface area contributed by atoms with Crippen molar-refractivity contribution in [3.63, 3.8) is 0 Å². The quantitative estimate of drug-likeness (QED) is 0.886. The number of halogens is 1. The Hall–Kier alpha value is -1.72. The molecule has 0 bridgehead atoms. The van der Waals surface area contributed by atoms with Gasteiger partial charge in [0.1, 0.15) is 0 Å². The number of amides is 1. The van der Waals surface area contributed by atoms with E-state index in [2.05, 4.69) is 26.2 Å². The molecule has 4 nitrogen and oxygen atoms in total. The molecule has 5 heteroatoms. The lowest BCUT2D eigenvalue weighted by Gasteiger charge is -2.17. The number of hydrogen-bond donors (Lipinski definition) is 2. The first kappa shape index (κ1) is 13.3. The Labute approximate surface area is 125 Å². The molecule has 1 aliphatic rings. The minimum absolute atomic E-state index is 0.237. The van der Waals surface area contributed by atoms with E-state index < -0.39 is 6.10 Å². The van der Waals surface area contributed by atoms with Gasteiger partial charge in [-0.15, -0.1) is 0 Å². The second kappa shape index (κ2) is 5.34. The van der Waals surface area contributed by atoms with Crippen LogP contribution in [-0.4, -0.2) is 22.1 Å². The van der Waals surface area contributed by atoms with Gasteiger partial charge in [-0.25, -0.2) is 0 Å². The first-order chi connectivity index (χ1) is 9.65. The van der Waals surface area contributed by atoms with Gasteiger partial charge in [0.25, 0.3) is 5.91 Å². The van der Waals surface area contributed by atoms with E-state index in [0.29, 0.717) is 12.0 Å². The van der Waals surface area contributed by atoms with E-state index in [9.17, 15) is 9.90 Å². The highest BCUT2D eigenvalue weighted by molar-refractivity contribution is 9.10. The molecule has 2 N–H and O–H groups in total. The number of fused-ring (bicyclic) bond motifs is 1. The number of aliphatic hydroxyl groups excluding tert-OH is 1. The van der Waals surface area contributed by atoms with E-state index in [-0.39, 0.29) is 11.9 Å². The van der Waals surface area contributed by atoms with E-state index in [0.717, 1.165) is 15.6 Å². The standard InChI is InChI=1S/C15H13BrN2O2/c16-11-5-10(7-17-8-11)15(20)18-14-12-4-2-1-3-9(12)6-13(14)19/h1-5,7-8,13-14,19H,6H2,(H,18,20)/t13-,14+/m1/s1. The molecular weight excluding hydrogens is 320 g/mol. The molecule has 2 atom stereocenters. The Bertz CT molecular complexity index is 660. The third kappa shape index (κ3) is 2.46. The van der Waals surface area contributed by atoms with E-state index in [1.54, 1.807) is 12.3 Å². The first-order valence-corrected chi connectivity index (χ1v) is 7.12. The van der Waals surface area contributed by atoms with Gasteiger partial charge in [-0.2, -0.15) is 0 Å². The molecule has 3 rings (SSSR count). The number of nitrogens with one attached hydrogen (secondary N) is 1. The molecule has 0 saturated heterocycles. The summed E-state index contributed by atoms with van der Waals surface area (Å²) in [5, 5.41) is 13.0. The molecule has 0 unspecified atom stereocenters. The number of aromatic nitrogens is 1. The van der Waals surface area contributed by atoms with Crippen molar-refractivity contribution in [1.82, 2.24) is 10.3 Å². The Morgan fingerprint density at radius 2 is 2.15 bits per heavy atom. The molecule has 0 saturated carbocycles. The lowest BCUT2D eigenvalue weighted by molar-refractivity contribution is 0.0858.